The minimum absolute atomic E-state index is 0.0591. The zero-order chi connectivity index (χ0) is 21.3. The van der Waals surface area contributed by atoms with Gasteiger partial charge < -0.3 is 15.1 Å². The summed E-state index contributed by atoms with van der Waals surface area (Å²) in [4.78, 5) is 16.6. The standard InChI is InChI=1S/C21H25ClN4O3S/c1-15-3-2-8-25(13-15)19-6-4-16(11-18(19)22)12-23-21(27)17-5-7-20-24-30(28,29)10-9-26(20)14-17/h4-7,11,14-15H,2-3,8-10,12-13H2,1H3,(H,23,27). The van der Waals surface area contributed by atoms with Crippen molar-refractivity contribution in [2.75, 3.05) is 30.3 Å². The van der Waals surface area contributed by atoms with E-state index in [1.54, 1.807) is 23.3 Å². The number of fused-ring (bicyclic) bond motifs is 1. The van der Waals surface area contributed by atoms with E-state index in [4.69, 9.17) is 11.6 Å². The molecule has 1 aromatic rings. The Morgan fingerprint density at radius 3 is 2.90 bits per heavy atom. The van der Waals surface area contributed by atoms with Crippen LogP contribution in [0.2, 0.25) is 5.02 Å². The van der Waals surface area contributed by atoms with Crippen LogP contribution in [-0.2, 0) is 21.4 Å². The normalized spacial score (nSPS) is 22.8. The number of nitrogens with one attached hydrogen (secondary N) is 1. The Kier molecular flexibility index (Phi) is 5.88. The van der Waals surface area contributed by atoms with Gasteiger partial charge in [0.15, 0.2) is 0 Å². The summed E-state index contributed by atoms with van der Waals surface area (Å²) in [5, 5.41) is 3.60. The smallest absolute Gasteiger partial charge is 0.256 e. The first-order valence-corrected chi connectivity index (χ1v) is 12.1. The fourth-order valence-electron chi connectivity index (χ4n) is 3.94. The van der Waals surface area contributed by atoms with Gasteiger partial charge in [0, 0.05) is 32.4 Å². The van der Waals surface area contributed by atoms with Gasteiger partial charge >= 0.3 is 0 Å². The Balaban J connectivity index is 1.38. The average Bonchev–Trinajstić information content (AvgIpc) is 2.71. The summed E-state index contributed by atoms with van der Waals surface area (Å²) >= 11 is 6.53. The maximum Gasteiger partial charge on any atom is 0.256 e. The summed E-state index contributed by atoms with van der Waals surface area (Å²) in [7, 11) is -3.41. The number of carbonyl (C=O) groups is 1. The number of rotatable bonds is 4. The highest BCUT2D eigenvalue weighted by molar-refractivity contribution is 7.90. The molecule has 1 unspecified atom stereocenters. The molecule has 3 aliphatic rings. The molecule has 1 atom stereocenters. The lowest BCUT2D eigenvalue weighted by Crippen LogP contribution is -2.38. The first-order valence-electron chi connectivity index (χ1n) is 10.1. The third-order valence-electron chi connectivity index (χ3n) is 5.55. The molecule has 0 spiro atoms. The van der Waals surface area contributed by atoms with E-state index < -0.39 is 10.0 Å². The highest BCUT2D eigenvalue weighted by Crippen LogP contribution is 2.30. The Morgan fingerprint density at radius 2 is 2.13 bits per heavy atom. The number of piperidine rings is 1. The van der Waals surface area contributed by atoms with Gasteiger partial charge in [0.05, 0.1) is 22.0 Å². The second-order valence-corrected chi connectivity index (χ2v) is 10.2. The number of anilines is 1. The van der Waals surface area contributed by atoms with Gasteiger partial charge in [0.1, 0.15) is 5.84 Å². The number of amides is 1. The molecule has 4 rings (SSSR count). The molecule has 0 bridgehead atoms. The van der Waals surface area contributed by atoms with Gasteiger partial charge in [-0.25, -0.2) is 8.42 Å². The van der Waals surface area contributed by atoms with E-state index in [-0.39, 0.29) is 18.2 Å². The Bertz CT molecular complexity index is 1050. The number of benzene rings is 1. The Morgan fingerprint density at radius 1 is 1.30 bits per heavy atom. The fourth-order valence-corrected chi connectivity index (χ4v) is 5.24. The van der Waals surface area contributed by atoms with Crippen LogP contribution in [0.3, 0.4) is 0 Å². The lowest BCUT2D eigenvalue weighted by molar-refractivity contribution is -0.117. The maximum atomic E-state index is 12.6. The molecule has 0 aliphatic carbocycles. The Labute approximate surface area is 182 Å². The van der Waals surface area contributed by atoms with Crippen molar-refractivity contribution in [2.45, 2.75) is 26.3 Å². The minimum atomic E-state index is -3.41. The van der Waals surface area contributed by atoms with Crippen molar-refractivity contribution in [3.63, 3.8) is 0 Å². The zero-order valence-electron chi connectivity index (χ0n) is 16.8. The van der Waals surface area contributed by atoms with E-state index in [0.717, 1.165) is 24.3 Å². The zero-order valence-corrected chi connectivity index (χ0v) is 18.4. The van der Waals surface area contributed by atoms with Crippen molar-refractivity contribution >= 4 is 39.1 Å². The third-order valence-corrected chi connectivity index (χ3v) is 7.02. The summed E-state index contributed by atoms with van der Waals surface area (Å²) in [6, 6.07) is 5.92. The first kappa shape index (κ1) is 20.9. The van der Waals surface area contributed by atoms with Gasteiger partial charge in [0.2, 0.25) is 0 Å². The summed E-state index contributed by atoms with van der Waals surface area (Å²) in [6.45, 7) is 4.93. The van der Waals surface area contributed by atoms with Crippen molar-refractivity contribution in [2.24, 2.45) is 10.3 Å². The molecule has 1 amide bonds. The molecule has 1 N–H and O–H groups in total. The number of nitrogens with zero attached hydrogens (tertiary/aromatic N) is 3. The van der Waals surface area contributed by atoms with Gasteiger partial charge in [-0.05, 0) is 48.6 Å². The summed E-state index contributed by atoms with van der Waals surface area (Å²) in [6.07, 6.45) is 7.20. The molecule has 30 heavy (non-hydrogen) atoms. The average molecular weight is 449 g/mol. The maximum absolute atomic E-state index is 12.6. The molecule has 1 fully saturated rings. The number of hydrogen-bond acceptors (Lipinski definition) is 5. The molecule has 9 heteroatoms. The summed E-state index contributed by atoms with van der Waals surface area (Å²) in [5.74, 6) is 0.711. The minimum Gasteiger partial charge on any atom is -0.370 e. The molecule has 3 heterocycles. The topological polar surface area (TPSA) is 82.1 Å². The molecule has 1 aromatic carbocycles. The van der Waals surface area contributed by atoms with Crippen LogP contribution in [0, 0.1) is 5.92 Å². The molecule has 0 saturated carbocycles. The van der Waals surface area contributed by atoms with E-state index in [9.17, 15) is 13.2 Å². The molecular weight excluding hydrogens is 424 g/mol. The van der Waals surface area contributed by atoms with Crippen LogP contribution in [-0.4, -0.2) is 50.4 Å². The van der Waals surface area contributed by atoms with E-state index >= 15 is 0 Å². The summed E-state index contributed by atoms with van der Waals surface area (Å²) in [5.41, 5.74) is 2.43. The van der Waals surface area contributed by atoms with Crippen LogP contribution >= 0.6 is 11.6 Å². The van der Waals surface area contributed by atoms with E-state index in [2.05, 4.69) is 21.5 Å². The quantitative estimate of drug-likeness (QED) is 0.765. The molecule has 0 radical (unpaired) electrons. The van der Waals surface area contributed by atoms with Crippen molar-refractivity contribution in [1.82, 2.24) is 10.2 Å². The summed E-state index contributed by atoms with van der Waals surface area (Å²) < 4.78 is 26.9. The predicted octanol–water partition coefficient (Wildman–Crippen LogP) is 2.69. The second-order valence-electron chi connectivity index (χ2n) is 8.01. The second kappa shape index (κ2) is 8.43. The fraction of sp³-hybridized carbons (Fsp3) is 0.429. The van der Waals surface area contributed by atoms with Gasteiger partial charge in [-0.3, -0.25) is 4.79 Å². The van der Waals surface area contributed by atoms with Crippen molar-refractivity contribution in [3.05, 3.63) is 52.7 Å². The van der Waals surface area contributed by atoms with Gasteiger partial charge in [-0.1, -0.05) is 24.6 Å². The van der Waals surface area contributed by atoms with Crippen molar-refractivity contribution < 1.29 is 13.2 Å². The van der Waals surface area contributed by atoms with E-state index in [1.807, 2.05) is 18.2 Å². The highest BCUT2D eigenvalue weighted by atomic mass is 35.5. The lowest BCUT2D eigenvalue weighted by Gasteiger charge is -2.33. The Hall–Kier alpha value is -2.32. The van der Waals surface area contributed by atoms with Crippen LogP contribution in [0.4, 0.5) is 5.69 Å². The van der Waals surface area contributed by atoms with Crippen LogP contribution in [0.15, 0.2) is 46.5 Å². The number of carbonyl (C=O) groups excluding carboxylic acids is 1. The third kappa shape index (κ3) is 4.70. The lowest BCUT2D eigenvalue weighted by atomic mass is 9.99. The van der Waals surface area contributed by atoms with Gasteiger partial charge in [-0.15, -0.1) is 4.40 Å². The van der Waals surface area contributed by atoms with E-state index in [0.29, 0.717) is 28.9 Å². The number of halogens is 1. The van der Waals surface area contributed by atoms with Crippen molar-refractivity contribution in [3.8, 4) is 0 Å². The molecule has 1 saturated heterocycles. The SMILES string of the molecule is CC1CCCN(c2ccc(CNC(=O)C3=CN4CCS(=O)(=O)N=C4C=C3)cc2Cl)C1. The van der Waals surface area contributed by atoms with E-state index in [1.165, 1.54) is 12.8 Å². The van der Waals surface area contributed by atoms with Crippen LogP contribution < -0.4 is 10.2 Å². The largest absolute Gasteiger partial charge is 0.370 e. The molecule has 0 aromatic heterocycles. The van der Waals surface area contributed by atoms with Crippen molar-refractivity contribution in [1.29, 1.82) is 0 Å². The number of amidine groups is 1. The van der Waals surface area contributed by atoms with Crippen LogP contribution in [0.5, 0.6) is 0 Å². The number of sulfonamides is 1. The predicted molar refractivity (Wildman–Crippen MR) is 119 cm³/mol. The molecule has 7 nitrogen and oxygen atoms in total. The molecule has 160 valence electrons. The molecular formula is C21H25ClN4O3S. The first-order chi connectivity index (χ1) is 14.3. The van der Waals surface area contributed by atoms with Gasteiger partial charge in [0.25, 0.3) is 15.9 Å². The van der Waals surface area contributed by atoms with Gasteiger partial charge in [-0.2, -0.15) is 0 Å². The monoisotopic (exact) mass is 448 g/mol. The van der Waals surface area contributed by atoms with Crippen LogP contribution in [0.1, 0.15) is 25.3 Å². The number of hydrogen-bond donors (Lipinski definition) is 1. The molecule has 3 aliphatic heterocycles. The van der Waals surface area contributed by atoms with Crippen LogP contribution in [0.25, 0.3) is 0 Å². The highest BCUT2D eigenvalue weighted by Gasteiger charge is 2.25.